The van der Waals surface area contributed by atoms with Crippen LogP contribution in [0.4, 0.5) is 0 Å². The van der Waals surface area contributed by atoms with Crippen molar-refractivity contribution in [1.82, 2.24) is 0 Å². The van der Waals surface area contributed by atoms with E-state index in [0.717, 1.165) is 10.7 Å². The van der Waals surface area contributed by atoms with Gasteiger partial charge in [-0.3, -0.25) is 0 Å². The van der Waals surface area contributed by atoms with E-state index in [1.165, 1.54) is 6.07 Å². The summed E-state index contributed by atoms with van der Waals surface area (Å²) in [7, 11) is -4.69. The highest BCUT2D eigenvalue weighted by Gasteiger charge is 2.23. The Balaban J connectivity index is 2.57. The third kappa shape index (κ3) is 5.63. The summed E-state index contributed by atoms with van der Waals surface area (Å²) >= 11 is 11.7. The zero-order valence-electron chi connectivity index (χ0n) is 11.4. The Hall–Kier alpha value is 2.20. The lowest BCUT2D eigenvalue weighted by Crippen LogP contribution is -2.15. The van der Waals surface area contributed by atoms with E-state index in [1.54, 1.807) is 51.2 Å². The number of rotatable bonds is 3. The first kappa shape index (κ1) is 23.5. The van der Waals surface area contributed by atoms with Crippen molar-refractivity contribution in [2.75, 3.05) is 0 Å². The summed E-state index contributed by atoms with van der Waals surface area (Å²) in [5, 5.41) is 0. The van der Waals surface area contributed by atoms with Gasteiger partial charge in [-0.05, 0) is 154 Å². The normalized spacial score (nSPS) is 11.5. The van der Waals surface area contributed by atoms with Gasteiger partial charge in [0.1, 0.15) is 10.1 Å². The molecule has 0 bridgehead atoms. The summed E-state index contributed by atoms with van der Waals surface area (Å²) in [5.74, 6) is -0.530. The molecule has 0 aliphatic rings. The molecule has 0 aliphatic heterocycles. The Morgan fingerprint density at radius 3 is 2.04 bits per heavy atom. The summed E-state index contributed by atoms with van der Waals surface area (Å²) < 4.78 is 43.5. The highest BCUT2D eigenvalue weighted by molar-refractivity contribution is 14.1. The topological polar surface area (TPSA) is 83.5 Å². The molecule has 0 unspecified atom stereocenters. The van der Waals surface area contributed by atoms with Crippen LogP contribution in [0, 0.1) is 21.4 Å². The van der Waals surface area contributed by atoms with Gasteiger partial charge in [-0.1, -0.05) is 0 Å². The van der Waals surface area contributed by atoms with Crippen molar-refractivity contribution < 1.29 is 22.5 Å². The van der Waals surface area contributed by atoms with E-state index in [1.807, 2.05) is 28.7 Å². The average Bonchev–Trinajstić information content (AvgIpc) is 2.45. The van der Waals surface area contributed by atoms with Crippen LogP contribution in [0.15, 0.2) is 23.1 Å². The van der Waals surface area contributed by atoms with Crippen molar-refractivity contribution >= 4 is 152 Å². The van der Waals surface area contributed by atoms with Gasteiger partial charge in [0.2, 0.25) is 0 Å². The van der Waals surface area contributed by atoms with Gasteiger partial charge < -0.3 is 9.29 Å². The Bertz CT molecular complexity index is 989. The predicted octanol–water partition coefficient (Wildman–Crippen LogP) is 5.44. The first-order valence-electron chi connectivity index (χ1n) is 5.93. The van der Waals surface area contributed by atoms with Crippen LogP contribution >= 0.6 is 136 Å². The molecule has 5 nitrogen and oxygen atoms in total. The molecule has 134 valence electrons. The maximum atomic E-state index is 12.6. The van der Waals surface area contributed by atoms with Crippen LogP contribution in [0.1, 0.15) is 10.4 Å². The summed E-state index contributed by atoms with van der Waals surface area (Å²) in [6.07, 6.45) is 0. The van der Waals surface area contributed by atoms with Gasteiger partial charge in [0.15, 0.2) is 5.75 Å². The number of ether oxygens (including phenoxy) is 1. The largest absolute Gasteiger partial charge is 0.744 e. The summed E-state index contributed by atoms with van der Waals surface area (Å²) in [4.78, 5) is 12.2. The van der Waals surface area contributed by atoms with Gasteiger partial charge >= 0.3 is 5.97 Å². The molecule has 0 amide bonds. The van der Waals surface area contributed by atoms with Crippen molar-refractivity contribution in [3.05, 3.63) is 45.2 Å². The van der Waals surface area contributed by atoms with Crippen molar-refractivity contribution in [3.8, 4) is 5.75 Å². The molecule has 0 heterocycles. The number of carbonyl (C=O) groups is 1. The Morgan fingerprint density at radius 2 is 1.48 bits per heavy atom. The molecule has 0 saturated heterocycles. The lowest BCUT2D eigenvalue weighted by molar-refractivity contribution is 0.0730. The lowest BCUT2D eigenvalue weighted by Gasteiger charge is -2.17. The first-order valence-corrected chi connectivity index (χ1v) is 13.8. The number of carbonyl (C=O) groups excluding carboxylic acids is 1. The lowest BCUT2D eigenvalue weighted by atomic mass is 10.2. The minimum atomic E-state index is -4.69. The summed E-state index contributed by atoms with van der Waals surface area (Å²) in [6.45, 7) is 0. The molecule has 12 heteroatoms. The molecular weight excluding hydrogens is 1030 g/mol. The second kappa shape index (κ2) is 9.34. The fourth-order valence-corrected chi connectivity index (χ4v) is 9.93. The molecule has 0 N–H and O–H groups in total. The molecule has 0 aliphatic carbocycles. The molecule has 0 fully saturated rings. The van der Waals surface area contributed by atoms with E-state index >= 15 is 0 Å². The van der Waals surface area contributed by atoms with Crippen LogP contribution in [-0.2, 0) is 10.1 Å². The predicted molar refractivity (Wildman–Crippen MR) is 142 cm³/mol. The molecule has 0 saturated carbocycles. The van der Waals surface area contributed by atoms with Gasteiger partial charge in [-0.15, -0.1) is 0 Å². The van der Waals surface area contributed by atoms with Crippen molar-refractivity contribution in [1.29, 1.82) is 0 Å². The van der Waals surface area contributed by atoms with E-state index in [9.17, 15) is 17.8 Å². The number of esters is 1. The summed E-state index contributed by atoms with van der Waals surface area (Å²) in [5.41, 5.74) is 0.383. The van der Waals surface area contributed by atoms with Crippen LogP contribution in [0.3, 0.4) is 0 Å². The molecule has 2 rings (SSSR count). The van der Waals surface area contributed by atoms with E-state index in [0.29, 0.717) is 12.7 Å². The van der Waals surface area contributed by atoms with Gasteiger partial charge in [-0.25, -0.2) is 13.2 Å². The average molecular weight is 1030 g/mol. The molecule has 2 aromatic carbocycles. The molecule has 0 radical (unpaired) electrons. The van der Waals surface area contributed by atoms with Crippen LogP contribution in [0.2, 0.25) is 0 Å². The standard InChI is InChI=1S/C13H4I6O5S/c14-4-1-5(9(18)6(15)2-4)13(20)24-11-7(16)3-8(17)12(10(11)19)25(21,22)23/h1-3H,(H,21,22,23)/p-1. The van der Waals surface area contributed by atoms with Gasteiger partial charge in [0, 0.05) is 14.3 Å². The second-order valence-corrected chi connectivity index (χ2v) is 12.6. The molecule has 0 atom stereocenters. The number of halogens is 6. The molecular formula is C13H3I6O5S-. The fraction of sp³-hybridized carbons (Fsp3) is 0. The van der Waals surface area contributed by atoms with Crippen LogP contribution in [-0.4, -0.2) is 18.9 Å². The van der Waals surface area contributed by atoms with Gasteiger partial charge in [0.05, 0.1) is 17.6 Å². The maximum absolute atomic E-state index is 12.6. The minimum Gasteiger partial charge on any atom is -0.744 e. The number of hydrogen-bond donors (Lipinski definition) is 0. The van der Waals surface area contributed by atoms with E-state index in [2.05, 4.69) is 67.8 Å². The van der Waals surface area contributed by atoms with Crippen LogP contribution in [0.5, 0.6) is 5.75 Å². The first-order chi connectivity index (χ1) is 11.4. The van der Waals surface area contributed by atoms with Gasteiger partial charge in [0.25, 0.3) is 0 Å². The third-order valence-corrected chi connectivity index (χ3v) is 10.7. The summed E-state index contributed by atoms with van der Waals surface area (Å²) in [6, 6.07) is 5.13. The van der Waals surface area contributed by atoms with Crippen LogP contribution in [0.25, 0.3) is 0 Å². The zero-order chi connectivity index (χ0) is 19.1. The van der Waals surface area contributed by atoms with E-state index < -0.39 is 16.1 Å². The molecule has 2 aromatic rings. The number of hydrogen-bond acceptors (Lipinski definition) is 5. The van der Waals surface area contributed by atoms with E-state index in [4.69, 9.17) is 4.74 Å². The van der Waals surface area contributed by atoms with Crippen LogP contribution < -0.4 is 4.74 Å². The van der Waals surface area contributed by atoms with Crippen molar-refractivity contribution in [2.24, 2.45) is 0 Å². The SMILES string of the molecule is O=C(Oc1c(I)cc(I)c(S(=O)(=O)[O-])c1I)c1cc(I)cc(I)c1I. The minimum absolute atomic E-state index is 0.0747. The number of benzene rings is 2. The Kier molecular flexibility index (Phi) is 8.77. The van der Waals surface area contributed by atoms with Crippen molar-refractivity contribution in [2.45, 2.75) is 4.90 Å². The maximum Gasteiger partial charge on any atom is 0.344 e. The van der Waals surface area contributed by atoms with Gasteiger partial charge in [-0.2, -0.15) is 0 Å². The highest BCUT2D eigenvalue weighted by Crippen LogP contribution is 2.36. The molecule has 0 aromatic heterocycles. The fourth-order valence-electron chi connectivity index (χ4n) is 1.73. The Morgan fingerprint density at radius 1 is 0.880 bits per heavy atom. The zero-order valence-corrected chi connectivity index (χ0v) is 25.2. The van der Waals surface area contributed by atoms with Crippen molar-refractivity contribution in [3.63, 3.8) is 0 Å². The Labute approximate surface area is 225 Å². The smallest absolute Gasteiger partial charge is 0.344 e. The molecule has 25 heavy (non-hydrogen) atoms. The second-order valence-electron chi connectivity index (χ2n) is 4.41. The monoisotopic (exact) mass is 1030 g/mol. The third-order valence-electron chi connectivity index (χ3n) is 2.74. The van der Waals surface area contributed by atoms with E-state index in [-0.39, 0.29) is 14.2 Å². The highest BCUT2D eigenvalue weighted by atomic mass is 127. The molecule has 0 spiro atoms. The quantitative estimate of drug-likeness (QED) is 0.135.